The van der Waals surface area contributed by atoms with Gasteiger partial charge < -0.3 is 19.8 Å². The number of hydrogen-bond donors (Lipinski definition) is 2. The van der Waals surface area contributed by atoms with E-state index in [0.717, 1.165) is 0 Å². The third-order valence-corrected chi connectivity index (χ3v) is 4.95. The van der Waals surface area contributed by atoms with Gasteiger partial charge in [-0.1, -0.05) is 11.6 Å². The van der Waals surface area contributed by atoms with Crippen LogP contribution in [-0.2, 0) is 16.1 Å². The standard InChI is InChI=1S/C20H21ClN4O6/c1-3-30-19(26)17-15(22-20(27)23-18(17)16-5-4-8-31-16)11-24(2)10-12-9-13(25(28)29)6-7-14(12)21/h4-9,18H,3,10-11H2,1-2H3,(H2,22,23,27). The lowest BCUT2D eigenvalue weighted by atomic mass is 10.00. The summed E-state index contributed by atoms with van der Waals surface area (Å²) in [4.78, 5) is 37.3. The summed E-state index contributed by atoms with van der Waals surface area (Å²) in [5, 5.41) is 16.8. The summed E-state index contributed by atoms with van der Waals surface area (Å²) in [7, 11) is 1.74. The molecule has 0 saturated carbocycles. The molecular weight excluding hydrogens is 428 g/mol. The van der Waals surface area contributed by atoms with Crippen LogP contribution in [0.2, 0.25) is 5.02 Å². The molecule has 0 spiro atoms. The highest BCUT2D eigenvalue weighted by atomic mass is 35.5. The number of halogens is 1. The first-order chi connectivity index (χ1) is 14.8. The van der Waals surface area contributed by atoms with E-state index in [1.807, 2.05) is 0 Å². The molecule has 0 bridgehead atoms. The summed E-state index contributed by atoms with van der Waals surface area (Å²) in [6.45, 7) is 2.24. The number of urea groups is 1. The fourth-order valence-corrected chi connectivity index (χ4v) is 3.45. The van der Waals surface area contributed by atoms with Crippen molar-refractivity contribution in [2.75, 3.05) is 20.2 Å². The van der Waals surface area contributed by atoms with E-state index in [-0.39, 0.29) is 31.0 Å². The Labute approximate surface area is 182 Å². The van der Waals surface area contributed by atoms with Crippen LogP contribution in [0.4, 0.5) is 10.5 Å². The van der Waals surface area contributed by atoms with Gasteiger partial charge in [0.1, 0.15) is 11.8 Å². The molecule has 2 amide bonds. The minimum absolute atomic E-state index is 0.0766. The maximum absolute atomic E-state index is 12.7. The van der Waals surface area contributed by atoms with Crippen molar-refractivity contribution in [1.82, 2.24) is 15.5 Å². The predicted octanol–water partition coefficient (Wildman–Crippen LogP) is 3.14. The number of carbonyl (C=O) groups is 2. The van der Waals surface area contributed by atoms with Gasteiger partial charge >= 0.3 is 12.0 Å². The number of benzene rings is 1. The minimum atomic E-state index is -0.812. The van der Waals surface area contributed by atoms with Gasteiger partial charge in [0.25, 0.3) is 5.69 Å². The molecule has 164 valence electrons. The average molecular weight is 449 g/mol. The molecule has 11 heteroatoms. The van der Waals surface area contributed by atoms with E-state index in [9.17, 15) is 19.7 Å². The van der Waals surface area contributed by atoms with Crippen LogP contribution < -0.4 is 10.6 Å². The molecule has 1 aromatic heterocycles. The molecule has 10 nitrogen and oxygen atoms in total. The lowest BCUT2D eigenvalue weighted by molar-refractivity contribution is -0.384. The van der Waals surface area contributed by atoms with Gasteiger partial charge in [0, 0.05) is 35.9 Å². The van der Waals surface area contributed by atoms with Crippen molar-refractivity contribution in [3.63, 3.8) is 0 Å². The molecule has 3 rings (SSSR count). The molecule has 0 fully saturated rings. The van der Waals surface area contributed by atoms with Crippen LogP contribution in [0.3, 0.4) is 0 Å². The van der Waals surface area contributed by atoms with Crippen LogP contribution in [0.15, 0.2) is 52.3 Å². The SMILES string of the molecule is CCOC(=O)C1=C(CN(C)Cc2cc([N+](=O)[O-])ccc2Cl)NC(=O)NC1c1ccco1. The first-order valence-electron chi connectivity index (χ1n) is 9.42. The lowest BCUT2D eigenvalue weighted by Gasteiger charge is -2.30. The second-order valence-electron chi connectivity index (χ2n) is 6.86. The number of esters is 1. The maximum atomic E-state index is 12.7. The molecule has 2 aromatic rings. The molecule has 1 aliphatic rings. The van der Waals surface area contributed by atoms with Gasteiger partial charge in [-0.2, -0.15) is 0 Å². The van der Waals surface area contributed by atoms with Crippen LogP contribution in [0.25, 0.3) is 0 Å². The molecule has 2 N–H and O–H groups in total. The molecule has 1 atom stereocenters. The zero-order valence-corrected chi connectivity index (χ0v) is 17.6. The van der Waals surface area contributed by atoms with Crippen LogP contribution in [0.5, 0.6) is 0 Å². The number of nitro groups is 1. The molecule has 1 aliphatic heterocycles. The second-order valence-corrected chi connectivity index (χ2v) is 7.27. The fraction of sp³-hybridized carbons (Fsp3) is 0.300. The monoisotopic (exact) mass is 448 g/mol. The normalized spacial score (nSPS) is 16.1. The van der Waals surface area contributed by atoms with Gasteiger partial charge in [-0.05, 0) is 37.7 Å². The number of nitrogens with one attached hydrogen (secondary N) is 2. The summed E-state index contributed by atoms with van der Waals surface area (Å²) in [6, 6.07) is 6.19. The van der Waals surface area contributed by atoms with Gasteiger partial charge in [0.15, 0.2) is 0 Å². The summed E-state index contributed by atoms with van der Waals surface area (Å²) < 4.78 is 10.6. The molecule has 0 saturated heterocycles. The van der Waals surface area contributed by atoms with Crippen molar-refractivity contribution >= 4 is 29.3 Å². The van der Waals surface area contributed by atoms with E-state index >= 15 is 0 Å². The van der Waals surface area contributed by atoms with Crippen LogP contribution >= 0.6 is 11.6 Å². The van der Waals surface area contributed by atoms with Crippen molar-refractivity contribution in [1.29, 1.82) is 0 Å². The van der Waals surface area contributed by atoms with Crippen molar-refractivity contribution in [3.05, 3.63) is 74.3 Å². The number of furan rings is 1. The largest absolute Gasteiger partial charge is 0.467 e. The van der Waals surface area contributed by atoms with Crippen molar-refractivity contribution in [2.24, 2.45) is 0 Å². The van der Waals surface area contributed by atoms with Gasteiger partial charge in [0.05, 0.1) is 23.4 Å². The van der Waals surface area contributed by atoms with Gasteiger partial charge in [0.2, 0.25) is 0 Å². The molecule has 0 aliphatic carbocycles. The van der Waals surface area contributed by atoms with Gasteiger partial charge in [-0.15, -0.1) is 0 Å². The Morgan fingerprint density at radius 2 is 2.13 bits per heavy atom. The number of nitrogens with zero attached hydrogens (tertiary/aromatic N) is 2. The van der Waals surface area contributed by atoms with Crippen molar-refractivity contribution in [3.8, 4) is 0 Å². The van der Waals surface area contributed by atoms with E-state index in [2.05, 4.69) is 10.6 Å². The van der Waals surface area contributed by atoms with E-state index in [1.165, 1.54) is 24.5 Å². The summed E-state index contributed by atoms with van der Waals surface area (Å²) in [6.07, 6.45) is 1.45. The average Bonchev–Trinajstić information content (AvgIpc) is 3.24. The molecule has 2 heterocycles. The topological polar surface area (TPSA) is 127 Å². The van der Waals surface area contributed by atoms with E-state index < -0.39 is 23.0 Å². The third-order valence-electron chi connectivity index (χ3n) is 4.59. The third kappa shape index (κ3) is 5.22. The summed E-state index contributed by atoms with van der Waals surface area (Å²) >= 11 is 6.19. The quantitative estimate of drug-likeness (QED) is 0.360. The predicted molar refractivity (Wildman–Crippen MR) is 111 cm³/mol. The number of nitro benzene ring substituents is 1. The molecule has 1 aromatic carbocycles. The number of carbonyl (C=O) groups excluding carboxylic acids is 2. The lowest BCUT2D eigenvalue weighted by Crippen LogP contribution is -2.48. The summed E-state index contributed by atoms with van der Waals surface area (Å²) in [5.74, 6) is -0.201. The van der Waals surface area contributed by atoms with E-state index in [1.54, 1.807) is 31.0 Å². The molecular formula is C20H21ClN4O6. The fourth-order valence-electron chi connectivity index (χ4n) is 3.27. The van der Waals surface area contributed by atoms with Crippen molar-refractivity contribution < 1.29 is 23.7 Å². The van der Waals surface area contributed by atoms with Gasteiger partial charge in [-0.25, -0.2) is 9.59 Å². The number of rotatable bonds is 8. The van der Waals surface area contributed by atoms with E-state index in [0.29, 0.717) is 22.0 Å². The van der Waals surface area contributed by atoms with E-state index in [4.69, 9.17) is 20.8 Å². The second kappa shape index (κ2) is 9.63. The zero-order valence-electron chi connectivity index (χ0n) is 16.9. The minimum Gasteiger partial charge on any atom is -0.467 e. The Morgan fingerprint density at radius 3 is 2.77 bits per heavy atom. The number of amides is 2. The number of non-ortho nitro benzene ring substituents is 1. The highest BCUT2D eigenvalue weighted by molar-refractivity contribution is 6.31. The highest BCUT2D eigenvalue weighted by Gasteiger charge is 2.35. The Balaban J connectivity index is 1.91. The Morgan fingerprint density at radius 1 is 1.35 bits per heavy atom. The Kier molecular flexibility index (Phi) is 6.93. The smallest absolute Gasteiger partial charge is 0.338 e. The Hall–Kier alpha value is -3.37. The maximum Gasteiger partial charge on any atom is 0.338 e. The van der Waals surface area contributed by atoms with Gasteiger partial charge in [-0.3, -0.25) is 15.0 Å². The summed E-state index contributed by atoms with van der Waals surface area (Å²) in [5.41, 5.74) is 1.02. The molecule has 0 radical (unpaired) electrons. The number of ether oxygens (including phenoxy) is 1. The zero-order chi connectivity index (χ0) is 22.5. The first kappa shape index (κ1) is 22.3. The number of hydrogen-bond acceptors (Lipinski definition) is 7. The Bertz CT molecular complexity index is 1020. The molecule has 1 unspecified atom stereocenters. The molecule has 31 heavy (non-hydrogen) atoms. The van der Waals surface area contributed by atoms with Crippen LogP contribution in [0, 0.1) is 10.1 Å². The van der Waals surface area contributed by atoms with Crippen LogP contribution in [-0.4, -0.2) is 42.0 Å². The van der Waals surface area contributed by atoms with Crippen LogP contribution in [0.1, 0.15) is 24.3 Å². The first-order valence-corrected chi connectivity index (χ1v) is 9.80. The highest BCUT2D eigenvalue weighted by Crippen LogP contribution is 2.29. The van der Waals surface area contributed by atoms with Crippen molar-refractivity contribution in [2.45, 2.75) is 19.5 Å². The number of likely N-dealkylation sites (N-methyl/N-ethyl adjacent to an activating group) is 1.